The second kappa shape index (κ2) is 4.16. The molecular formula is C8H11ClN2O. The van der Waals surface area contributed by atoms with Gasteiger partial charge < -0.3 is 4.74 Å². The third-order valence-electron chi connectivity index (χ3n) is 1.33. The van der Waals surface area contributed by atoms with Gasteiger partial charge in [-0.25, -0.2) is 0 Å². The Labute approximate surface area is 76.6 Å². The van der Waals surface area contributed by atoms with E-state index >= 15 is 0 Å². The summed E-state index contributed by atoms with van der Waals surface area (Å²) < 4.78 is 7.02. The van der Waals surface area contributed by atoms with Gasteiger partial charge in [0.1, 0.15) is 6.61 Å². The molecule has 0 spiro atoms. The molecule has 0 fully saturated rings. The predicted octanol–water partition coefficient (Wildman–Crippen LogP) is 2.03. The van der Waals surface area contributed by atoms with Gasteiger partial charge in [-0.1, -0.05) is 18.2 Å². The Morgan fingerprint density at radius 2 is 2.58 bits per heavy atom. The zero-order chi connectivity index (χ0) is 8.97. The van der Waals surface area contributed by atoms with Crippen LogP contribution >= 0.6 is 11.6 Å². The number of rotatable bonds is 4. The molecule has 1 heterocycles. The molecule has 0 radical (unpaired) electrons. The minimum Gasteiger partial charge on any atom is -0.485 e. The van der Waals surface area contributed by atoms with Crippen molar-refractivity contribution in [1.29, 1.82) is 0 Å². The van der Waals surface area contributed by atoms with E-state index in [1.54, 1.807) is 10.9 Å². The molecule has 4 heteroatoms. The Kier molecular flexibility index (Phi) is 3.17. The molecular weight excluding hydrogens is 176 g/mol. The highest BCUT2D eigenvalue weighted by Crippen LogP contribution is 2.09. The van der Waals surface area contributed by atoms with Crippen LogP contribution in [0.3, 0.4) is 0 Å². The Bertz CT molecular complexity index is 270. The molecule has 1 aromatic heterocycles. The van der Waals surface area contributed by atoms with E-state index in [1.807, 2.05) is 13.1 Å². The highest BCUT2D eigenvalue weighted by atomic mass is 35.5. The average Bonchev–Trinajstić information content (AvgIpc) is 2.48. The fraction of sp³-hybridized carbons (Fsp3) is 0.375. The van der Waals surface area contributed by atoms with Crippen LogP contribution in [0.5, 0.6) is 5.75 Å². The summed E-state index contributed by atoms with van der Waals surface area (Å²) in [5, 5.41) is 4.52. The monoisotopic (exact) mass is 186 g/mol. The second-order valence-corrected chi connectivity index (χ2v) is 2.87. The van der Waals surface area contributed by atoms with Crippen molar-refractivity contribution in [2.24, 2.45) is 0 Å². The first-order valence-corrected chi connectivity index (χ1v) is 4.08. The highest BCUT2D eigenvalue weighted by molar-refractivity contribution is 6.29. The Hall–Kier alpha value is -0.960. The Morgan fingerprint density at radius 1 is 1.83 bits per heavy atom. The Balaban J connectivity index is 2.47. The zero-order valence-electron chi connectivity index (χ0n) is 6.96. The van der Waals surface area contributed by atoms with Crippen LogP contribution in [0.1, 0.15) is 6.92 Å². The van der Waals surface area contributed by atoms with E-state index in [4.69, 9.17) is 16.3 Å². The number of hydrogen-bond donors (Lipinski definition) is 0. The van der Waals surface area contributed by atoms with Crippen molar-refractivity contribution in [3.8, 4) is 5.75 Å². The fourth-order valence-corrected chi connectivity index (χ4v) is 0.808. The van der Waals surface area contributed by atoms with E-state index in [1.165, 1.54) is 0 Å². The molecule has 0 atom stereocenters. The minimum absolute atomic E-state index is 0.330. The maximum absolute atomic E-state index is 5.52. The quantitative estimate of drug-likeness (QED) is 0.720. The van der Waals surface area contributed by atoms with Gasteiger partial charge in [0.25, 0.3) is 0 Å². The normalized spacial score (nSPS) is 9.83. The SMILES string of the molecule is C=C(Cl)COc1cnn(CC)c1. The molecule has 0 aliphatic heterocycles. The van der Waals surface area contributed by atoms with Crippen LogP contribution in [0.2, 0.25) is 0 Å². The number of nitrogens with zero attached hydrogens (tertiary/aromatic N) is 2. The average molecular weight is 187 g/mol. The predicted molar refractivity (Wildman–Crippen MR) is 48.4 cm³/mol. The highest BCUT2D eigenvalue weighted by Gasteiger charge is 1.97. The molecule has 0 saturated carbocycles. The number of ether oxygens (including phenoxy) is 1. The first-order valence-electron chi connectivity index (χ1n) is 3.71. The van der Waals surface area contributed by atoms with Crippen LogP contribution < -0.4 is 4.74 Å². The summed E-state index contributed by atoms with van der Waals surface area (Å²) >= 11 is 5.52. The Morgan fingerprint density at radius 3 is 3.08 bits per heavy atom. The summed E-state index contributed by atoms with van der Waals surface area (Å²) in [7, 11) is 0. The van der Waals surface area contributed by atoms with Gasteiger partial charge in [0, 0.05) is 11.6 Å². The van der Waals surface area contributed by atoms with Gasteiger partial charge in [0.15, 0.2) is 5.75 Å². The number of aryl methyl sites for hydroxylation is 1. The van der Waals surface area contributed by atoms with E-state index in [0.717, 1.165) is 12.3 Å². The number of aromatic nitrogens is 2. The van der Waals surface area contributed by atoms with Gasteiger partial charge in [-0.05, 0) is 6.92 Å². The van der Waals surface area contributed by atoms with Gasteiger partial charge in [-0.15, -0.1) is 0 Å². The van der Waals surface area contributed by atoms with E-state index in [2.05, 4.69) is 11.7 Å². The van der Waals surface area contributed by atoms with Gasteiger partial charge in [0.05, 0.1) is 12.4 Å². The van der Waals surface area contributed by atoms with Crippen LogP contribution in [0.25, 0.3) is 0 Å². The van der Waals surface area contributed by atoms with E-state index in [0.29, 0.717) is 11.6 Å². The first kappa shape index (κ1) is 9.13. The maximum Gasteiger partial charge on any atom is 0.157 e. The van der Waals surface area contributed by atoms with E-state index in [-0.39, 0.29) is 0 Å². The molecule has 0 aliphatic carbocycles. The lowest BCUT2D eigenvalue weighted by Crippen LogP contribution is -1.95. The largest absolute Gasteiger partial charge is 0.485 e. The van der Waals surface area contributed by atoms with Crippen molar-refractivity contribution in [3.05, 3.63) is 24.0 Å². The lowest BCUT2D eigenvalue weighted by atomic mass is 10.6. The van der Waals surface area contributed by atoms with Gasteiger partial charge in [-0.2, -0.15) is 5.10 Å². The number of hydrogen-bond acceptors (Lipinski definition) is 2. The van der Waals surface area contributed by atoms with Crippen molar-refractivity contribution < 1.29 is 4.74 Å². The van der Waals surface area contributed by atoms with Gasteiger partial charge in [-0.3, -0.25) is 4.68 Å². The molecule has 3 nitrogen and oxygen atoms in total. The summed E-state index contributed by atoms with van der Waals surface area (Å²) in [5.74, 6) is 0.721. The molecule has 0 unspecified atom stereocenters. The summed E-state index contributed by atoms with van der Waals surface area (Å²) in [6, 6.07) is 0. The molecule has 0 saturated heterocycles. The van der Waals surface area contributed by atoms with E-state index < -0.39 is 0 Å². The van der Waals surface area contributed by atoms with Crippen molar-refractivity contribution in [2.75, 3.05) is 6.61 Å². The third-order valence-corrected chi connectivity index (χ3v) is 1.44. The first-order chi connectivity index (χ1) is 5.72. The van der Waals surface area contributed by atoms with Crippen LogP contribution in [-0.2, 0) is 6.54 Å². The van der Waals surface area contributed by atoms with Crippen molar-refractivity contribution in [3.63, 3.8) is 0 Å². The molecule has 66 valence electrons. The molecule has 0 bridgehead atoms. The van der Waals surface area contributed by atoms with Gasteiger partial charge >= 0.3 is 0 Å². The van der Waals surface area contributed by atoms with E-state index in [9.17, 15) is 0 Å². The third kappa shape index (κ3) is 2.58. The minimum atomic E-state index is 0.330. The van der Waals surface area contributed by atoms with Crippen LogP contribution in [0, 0.1) is 0 Å². The molecule has 1 aromatic rings. The number of halogens is 1. The van der Waals surface area contributed by atoms with Crippen LogP contribution in [0.15, 0.2) is 24.0 Å². The van der Waals surface area contributed by atoms with Crippen LogP contribution in [0.4, 0.5) is 0 Å². The standard InChI is InChI=1S/C8H11ClN2O/c1-3-11-5-8(4-10-11)12-6-7(2)9/h4-5H,2-3,6H2,1H3. The topological polar surface area (TPSA) is 27.1 Å². The summed E-state index contributed by atoms with van der Waals surface area (Å²) in [6.07, 6.45) is 3.48. The smallest absolute Gasteiger partial charge is 0.157 e. The molecule has 0 aromatic carbocycles. The molecule has 0 aliphatic rings. The molecule has 0 N–H and O–H groups in total. The van der Waals surface area contributed by atoms with Crippen molar-refractivity contribution in [1.82, 2.24) is 9.78 Å². The van der Waals surface area contributed by atoms with Crippen molar-refractivity contribution in [2.45, 2.75) is 13.5 Å². The summed E-state index contributed by atoms with van der Waals surface area (Å²) in [6.45, 7) is 6.69. The second-order valence-electron chi connectivity index (χ2n) is 2.34. The molecule has 0 amide bonds. The van der Waals surface area contributed by atoms with Crippen molar-refractivity contribution >= 4 is 11.6 Å². The lowest BCUT2D eigenvalue weighted by Gasteiger charge is -1.99. The summed E-state index contributed by atoms with van der Waals surface area (Å²) in [4.78, 5) is 0. The molecule has 1 rings (SSSR count). The molecule has 12 heavy (non-hydrogen) atoms. The van der Waals surface area contributed by atoms with Crippen LogP contribution in [-0.4, -0.2) is 16.4 Å². The zero-order valence-corrected chi connectivity index (χ0v) is 7.71. The fourth-order valence-electron chi connectivity index (χ4n) is 0.754. The lowest BCUT2D eigenvalue weighted by molar-refractivity contribution is 0.359. The summed E-state index contributed by atoms with van der Waals surface area (Å²) in [5.41, 5.74) is 0. The van der Waals surface area contributed by atoms with Gasteiger partial charge in [0.2, 0.25) is 0 Å². The maximum atomic E-state index is 5.52.